The molecule has 1 aromatic carbocycles. The molecule has 0 aliphatic carbocycles. The van der Waals surface area contributed by atoms with Crippen molar-refractivity contribution < 1.29 is 13.2 Å². The second-order valence-electron chi connectivity index (χ2n) is 4.00. The summed E-state index contributed by atoms with van der Waals surface area (Å²) >= 11 is 0. The van der Waals surface area contributed by atoms with Crippen LogP contribution in [0.3, 0.4) is 0 Å². The number of halogens is 3. The smallest absolute Gasteiger partial charge is 0.267 e. The van der Waals surface area contributed by atoms with Gasteiger partial charge in [0.25, 0.3) is 5.56 Å². The second-order valence-corrected chi connectivity index (χ2v) is 4.00. The van der Waals surface area contributed by atoms with Crippen LogP contribution in [0.4, 0.5) is 13.2 Å². The fourth-order valence-corrected chi connectivity index (χ4v) is 1.68. The lowest BCUT2D eigenvalue weighted by Crippen LogP contribution is -2.26. The zero-order chi connectivity index (χ0) is 13.9. The lowest BCUT2D eigenvalue weighted by molar-refractivity contribution is -0.137. The number of alkyl halides is 3. The SMILES string of the molecule is O=c1c(-c2ccccc2)ccnn1CCC(F)(F)F. The Morgan fingerprint density at radius 3 is 2.42 bits per heavy atom. The number of benzene rings is 1. The van der Waals surface area contributed by atoms with Gasteiger partial charge >= 0.3 is 6.18 Å². The number of nitrogens with zero attached hydrogens (tertiary/aromatic N) is 2. The highest BCUT2D eigenvalue weighted by Crippen LogP contribution is 2.20. The van der Waals surface area contributed by atoms with Gasteiger partial charge in [-0.25, -0.2) is 4.68 Å². The molecule has 0 amide bonds. The number of hydrogen-bond acceptors (Lipinski definition) is 2. The zero-order valence-corrected chi connectivity index (χ0v) is 9.89. The van der Waals surface area contributed by atoms with Crippen LogP contribution in [0.5, 0.6) is 0 Å². The van der Waals surface area contributed by atoms with Gasteiger partial charge in [0.15, 0.2) is 0 Å². The monoisotopic (exact) mass is 268 g/mol. The predicted molar refractivity (Wildman–Crippen MR) is 64.6 cm³/mol. The van der Waals surface area contributed by atoms with Crippen LogP contribution in [-0.2, 0) is 6.54 Å². The van der Waals surface area contributed by atoms with E-state index in [1.54, 1.807) is 30.3 Å². The summed E-state index contributed by atoms with van der Waals surface area (Å²) in [5.41, 5.74) is 0.492. The molecule has 0 bridgehead atoms. The molecular weight excluding hydrogens is 257 g/mol. The largest absolute Gasteiger partial charge is 0.390 e. The number of aryl methyl sites for hydroxylation is 1. The fraction of sp³-hybridized carbons (Fsp3) is 0.231. The molecule has 0 aliphatic heterocycles. The molecule has 0 saturated heterocycles. The molecule has 0 atom stereocenters. The van der Waals surface area contributed by atoms with E-state index in [9.17, 15) is 18.0 Å². The molecule has 6 heteroatoms. The summed E-state index contributed by atoms with van der Waals surface area (Å²) in [6.07, 6.45) is -4.04. The Morgan fingerprint density at radius 2 is 1.79 bits per heavy atom. The molecule has 0 N–H and O–H groups in total. The van der Waals surface area contributed by atoms with Crippen LogP contribution in [0.15, 0.2) is 47.4 Å². The summed E-state index contributed by atoms with van der Waals surface area (Å²) in [5, 5.41) is 3.67. The van der Waals surface area contributed by atoms with Gasteiger partial charge in [0.05, 0.1) is 18.5 Å². The Morgan fingerprint density at radius 1 is 1.11 bits per heavy atom. The van der Waals surface area contributed by atoms with Crippen LogP contribution in [0, 0.1) is 0 Å². The molecule has 0 fully saturated rings. The van der Waals surface area contributed by atoms with E-state index in [4.69, 9.17) is 0 Å². The van der Waals surface area contributed by atoms with Crippen molar-refractivity contribution >= 4 is 0 Å². The summed E-state index contributed by atoms with van der Waals surface area (Å²) in [6.45, 7) is -0.469. The van der Waals surface area contributed by atoms with Gasteiger partial charge in [0.2, 0.25) is 0 Å². The first-order valence-corrected chi connectivity index (χ1v) is 5.66. The van der Waals surface area contributed by atoms with Crippen LogP contribution in [-0.4, -0.2) is 16.0 Å². The van der Waals surface area contributed by atoms with Crippen LogP contribution in [0.25, 0.3) is 11.1 Å². The molecule has 1 heterocycles. The Labute approximate surface area is 107 Å². The van der Waals surface area contributed by atoms with Crippen molar-refractivity contribution in [2.45, 2.75) is 19.1 Å². The Balaban J connectivity index is 2.32. The first-order valence-electron chi connectivity index (χ1n) is 5.66. The van der Waals surface area contributed by atoms with E-state index in [0.29, 0.717) is 11.1 Å². The van der Waals surface area contributed by atoms with Gasteiger partial charge in [-0.3, -0.25) is 4.79 Å². The standard InChI is InChI=1S/C13H11F3N2O/c14-13(15,16)7-9-18-12(19)11(6-8-17-18)10-4-2-1-3-5-10/h1-6,8H,7,9H2. The third kappa shape index (κ3) is 3.43. The van der Waals surface area contributed by atoms with Crippen molar-refractivity contribution in [2.75, 3.05) is 0 Å². The van der Waals surface area contributed by atoms with Gasteiger partial charge in [-0.1, -0.05) is 30.3 Å². The van der Waals surface area contributed by atoms with E-state index in [1.165, 1.54) is 12.3 Å². The molecule has 2 rings (SSSR count). The number of hydrogen-bond donors (Lipinski definition) is 0. The first-order chi connectivity index (χ1) is 8.97. The quantitative estimate of drug-likeness (QED) is 0.858. The van der Waals surface area contributed by atoms with E-state index < -0.39 is 24.7 Å². The third-order valence-corrected chi connectivity index (χ3v) is 2.60. The van der Waals surface area contributed by atoms with Crippen molar-refractivity contribution in [1.29, 1.82) is 0 Å². The van der Waals surface area contributed by atoms with Crippen molar-refractivity contribution in [3.8, 4) is 11.1 Å². The van der Waals surface area contributed by atoms with Crippen LogP contribution < -0.4 is 5.56 Å². The van der Waals surface area contributed by atoms with Crippen molar-refractivity contribution in [3.05, 3.63) is 52.9 Å². The van der Waals surface area contributed by atoms with E-state index in [2.05, 4.69) is 5.10 Å². The average molecular weight is 268 g/mol. The lowest BCUT2D eigenvalue weighted by atomic mass is 10.1. The predicted octanol–water partition coefficient (Wildman–Crippen LogP) is 2.86. The van der Waals surface area contributed by atoms with Gasteiger partial charge in [0.1, 0.15) is 0 Å². The molecule has 1 aromatic heterocycles. The van der Waals surface area contributed by atoms with Crippen molar-refractivity contribution in [2.24, 2.45) is 0 Å². The summed E-state index contributed by atoms with van der Waals surface area (Å²) < 4.78 is 37.3. The summed E-state index contributed by atoms with van der Waals surface area (Å²) in [7, 11) is 0. The van der Waals surface area contributed by atoms with Gasteiger partial charge in [-0.2, -0.15) is 18.3 Å². The molecule has 19 heavy (non-hydrogen) atoms. The summed E-state index contributed by atoms with van der Waals surface area (Å²) in [5.74, 6) is 0. The number of aromatic nitrogens is 2. The Hall–Kier alpha value is -2.11. The third-order valence-electron chi connectivity index (χ3n) is 2.60. The molecule has 3 nitrogen and oxygen atoms in total. The van der Waals surface area contributed by atoms with Gasteiger partial charge in [-0.05, 0) is 11.6 Å². The van der Waals surface area contributed by atoms with Crippen LogP contribution in [0.2, 0.25) is 0 Å². The molecule has 0 saturated carbocycles. The molecule has 0 spiro atoms. The van der Waals surface area contributed by atoms with Crippen molar-refractivity contribution in [1.82, 2.24) is 9.78 Å². The van der Waals surface area contributed by atoms with E-state index in [-0.39, 0.29) is 0 Å². The summed E-state index contributed by atoms with van der Waals surface area (Å²) in [4.78, 5) is 12.0. The van der Waals surface area contributed by atoms with Crippen LogP contribution in [0.1, 0.15) is 6.42 Å². The normalized spacial score (nSPS) is 11.5. The molecule has 0 radical (unpaired) electrons. The Bertz CT molecular complexity index is 605. The molecule has 2 aromatic rings. The minimum atomic E-state index is -4.30. The maximum atomic E-state index is 12.2. The maximum absolute atomic E-state index is 12.2. The minimum absolute atomic E-state index is 0.345. The van der Waals surface area contributed by atoms with Gasteiger partial charge in [0, 0.05) is 6.20 Å². The number of rotatable bonds is 3. The first kappa shape index (κ1) is 13.3. The lowest BCUT2D eigenvalue weighted by Gasteiger charge is -2.09. The van der Waals surface area contributed by atoms with Gasteiger partial charge < -0.3 is 0 Å². The maximum Gasteiger partial charge on any atom is 0.390 e. The van der Waals surface area contributed by atoms with E-state index >= 15 is 0 Å². The topological polar surface area (TPSA) is 34.9 Å². The van der Waals surface area contributed by atoms with Crippen molar-refractivity contribution in [3.63, 3.8) is 0 Å². The molecular formula is C13H11F3N2O. The Kier molecular flexibility index (Phi) is 3.69. The zero-order valence-electron chi connectivity index (χ0n) is 9.89. The van der Waals surface area contributed by atoms with Gasteiger partial charge in [-0.15, -0.1) is 0 Å². The second kappa shape index (κ2) is 5.26. The minimum Gasteiger partial charge on any atom is -0.267 e. The highest BCUT2D eigenvalue weighted by molar-refractivity contribution is 5.61. The highest BCUT2D eigenvalue weighted by atomic mass is 19.4. The molecule has 100 valence electrons. The van der Waals surface area contributed by atoms with Crippen LogP contribution >= 0.6 is 0 Å². The van der Waals surface area contributed by atoms with E-state index in [1.807, 2.05) is 0 Å². The van der Waals surface area contributed by atoms with E-state index in [0.717, 1.165) is 4.68 Å². The molecule has 0 unspecified atom stereocenters. The molecule has 0 aliphatic rings. The average Bonchev–Trinajstić information content (AvgIpc) is 2.37. The highest BCUT2D eigenvalue weighted by Gasteiger charge is 2.27. The summed E-state index contributed by atoms with van der Waals surface area (Å²) in [6, 6.07) is 10.3. The fourth-order valence-electron chi connectivity index (χ4n) is 1.68.